The van der Waals surface area contributed by atoms with E-state index in [1.54, 1.807) is 12.4 Å². The van der Waals surface area contributed by atoms with Gasteiger partial charge in [0.1, 0.15) is 17.4 Å². The summed E-state index contributed by atoms with van der Waals surface area (Å²) in [7, 11) is 0. The summed E-state index contributed by atoms with van der Waals surface area (Å²) in [6, 6.07) is 11.4. The van der Waals surface area contributed by atoms with Gasteiger partial charge in [-0.1, -0.05) is 30.0 Å². The maximum atomic E-state index is 11.0. The summed E-state index contributed by atoms with van der Waals surface area (Å²) in [5.41, 5.74) is 9.02. The van der Waals surface area contributed by atoms with Gasteiger partial charge in [-0.3, -0.25) is 4.98 Å². The van der Waals surface area contributed by atoms with Gasteiger partial charge >= 0.3 is 0 Å². The van der Waals surface area contributed by atoms with Crippen molar-refractivity contribution in [3.05, 3.63) is 71.9 Å². The smallest absolute Gasteiger partial charge is 0.168 e. The second kappa shape index (κ2) is 7.71. The molecule has 0 radical (unpaired) electrons. The molecule has 3 heterocycles. The van der Waals surface area contributed by atoms with Gasteiger partial charge in [0.05, 0.1) is 11.9 Å². The second-order valence-corrected chi connectivity index (χ2v) is 6.89. The van der Waals surface area contributed by atoms with Gasteiger partial charge in [-0.05, 0) is 36.6 Å². The van der Waals surface area contributed by atoms with Crippen LogP contribution in [0.2, 0.25) is 0 Å². The number of benzene rings is 1. The minimum absolute atomic E-state index is 0. The molecule has 0 saturated carbocycles. The molecule has 148 valence electrons. The molecule has 1 aromatic carbocycles. The molecule has 1 atom stereocenters. The maximum Gasteiger partial charge on any atom is 0.168 e. The zero-order chi connectivity index (χ0) is 19.8. The van der Waals surface area contributed by atoms with Gasteiger partial charge in [0.25, 0.3) is 0 Å². The summed E-state index contributed by atoms with van der Waals surface area (Å²) in [5, 5.41) is 11.0. The average molecular weight is 414 g/mol. The highest BCUT2D eigenvalue weighted by Gasteiger charge is 2.36. The van der Waals surface area contributed by atoms with Crippen LogP contribution in [-0.4, -0.2) is 30.0 Å². The normalized spacial score (nSPS) is 17.0. The Morgan fingerprint density at radius 2 is 1.97 bits per heavy atom. The molecule has 0 fully saturated rings. The lowest BCUT2D eigenvalue weighted by Gasteiger charge is -2.15. The van der Waals surface area contributed by atoms with Crippen LogP contribution in [-0.2, 0) is 12.0 Å². The standard InChI is InChI=1S/C22H16N6O.H2S/c23-20-18-17(26-13-27-20)12-25-21(28-18)16-4-1-3-14(11-16)6-8-22(29)9-7-15-5-2-10-24-19(15)22;/h1-5,10-13,29H,7,9H2,(H2,23,26,27);1H2/t22-;/m1./s1. The molecule has 0 spiro atoms. The SMILES string of the molecule is Nc1ncnc2cnc(-c3cccc(C#C[C@@]4(O)CCc5cccnc54)c3)nc12.S. The van der Waals surface area contributed by atoms with Crippen molar-refractivity contribution in [1.29, 1.82) is 0 Å². The summed E-state index contributed by atoms with van der Waals surface area (Å²) in [5.74, 6) is 6.91. The summed E-state index contributed by atoms with van der Waals surface area (Å²) in [4.78, 5) is 21.3. The van der Waals surface area contributed by atoms with Crippen molar-refractivity contribution in [3.63, 3.8) is 0 Å². The van der Waals surface area contributed by atoms with Crippen molar-refractivity contribution < 1.29 is 5.11 Å². The van der Waals surface area contributed by atoms with E-state index in [0.717, 1.165) is 23.1 Å². The van der Waals surface area contributed by atoms with E-state index in [-0.39, 0.29) is 13.5 Å². The van der Waals surface area contributed by atoms with E-state index < -0.39 is 5.60 Å². The Morgan fingerprint density at radius 1 is 1.07 bits per heavy atom. The molecule has 30 heavy (non-hydrogen) atoms. The van der Waals surface area contributed by atoms with Crippen LogP contribution < -0.4 is 5.73 Å². The summed E-state index contributed by atoms with van der Waals surface area (Å²) >= 11 is 0. The fourth-order valence-electron chi connectivity index (χ4n) is 3.49. The van der Waals surface area contributed by atoms with Gasteiger partial charge in [-0.2, -0.15) is 13.5 Å². The van der Waals surface area contributed by atoms with Crippen LogP contribution in [0.1, 0.15) is 23.2 Å². The third-order valence-corrected chi connectivity index (χ3v) is 4.98. The Kier molecular flexibility index (Phi) is 5.08. The number of rotatable bonds is 1. The number of nitrogen functional groups attached to an aromatic ring is 1. The Morgan fingerprint density at radius 3 is 2.87 bits per heavy atom. The number of anilines is 1. The van der Waals surface area contributed by atoms with Crippen molar-refractivity contribution in [2.24, 2.45) is 0 Å². The summed E-state index contributed by atoms with van der Waals surface area (Å²) < 4.78 is 0. The molecule has 3 aromatic heterocycles. The van der Waals surface area contributed by atoms with E-state index in [9.17, 15) is 5.11 Å². The lowest BCUT2D eigenvalue weighted by atomic mass is 10.0. The van der Waals surface area contributed by atoms with Crippen molar-refractivity contribution in [2.45, 2.75) is 18.4 Å². The van der Waals surface area contributed by atoms with Crippen LogP contribution in [0.4, 0.5) is 5.82 Å². The highest BCUT2D eigenvalue weighted by atomic mass is 32.1. The molecule has 4 aromatic rings. The van der Waals surface area contributed by atoms with Gasteiger partial charge in [-0.15, -0.1) is 0 Å². The van der Waals surface area contributed by atoms with E-state index >= 15 is 0 Å². The minimum Gasteiger partial charge on any atom is -0.382 e. The molecular formula is C22H18N6OS. The first-order valence-electron chi connectivity index (χ1n) is 9.16. The molecular weight excluding hydrogens is 396 g/mol. The van der Waals surface area contributed by atoms with Crippen LogP contribution in [0.5, 0.6) is 0 Å². The molecule has 8 heteroatoms. The Balaban J connectivity index is 0.00000218. The topological polar surface area (TPSA) is 111 Å². The molecule has 3 N–H and O–H groups in total. The number of aromatic nitrogens is 5. The molecule has 7 nitrogen and oxygen atoms in total. The first-order valence-corrected chi connectivity index (χ1v) is 9.16. The van der Waals surface area contributed by atoms with Crippen molar-refractivity contribution in [3.8, 4) is 23.2 Å². The third kappa shape index (κ3) is 3.45. The van der Waals surface area contributed by atoms with Crippen molar-refractivity contribution in [1.82, 2.24) is 24.9 Å². The molecule has 0 saturated heterocycles. The number of hydrogen-bond donors (Lipinski definition) is 2. The highest BCUT2D eigenvalue weighted by Crippen LogP contribution is 2.34. The summed E-state index contributed by atoms with van der Waals surface area (Å²) in [6.07, 6.45) is 6.00. The van der Waals surface area contributed by atoms with E-state index in [4.69, 9.17) is 5.73 Å². The number of nitrogens with zero attached hydrogens (tertiary/aromatic N) is 5. The van der Waals surface area contributed by atoms with E-state index in [2.05, 4.69) is 36.8 Å². The van der Waals surface area contributed by atoms with Gasteiger partial charge in [-0.25, -0.2) is 19.9 Å². The zero-order valence-electron chi connectivity index (χ0n) is 15.9. The lowest BCUT2D eigenvalue weighted by molar-refractivity contribution is 0.0982. The van der Waals surface area contributed by atoms with Crippen LogP contribution in [0.15, 0.2) is 55.1 Å². The summed E-state index contributed by atoms with van der Waals surface area (Å²) in [6.45, 7) is 0. The number of aliphatic hydroxyl groups is 1. The fourth-order valence-corrected chi connectivity index (χ4v) is 3.49. The number of fused-ring (bicyclic) bond motifs is 2. The first kappa shape index (κ1) is 19.8. The monoisotopic (exact) mass is 414 g/mol. The Hall–Kier alpha value is -3.54. The fraction of sp³-hybridized carbons (Fsp3) is 0.136. The number of hydrogen-bond acceptors (Lipinski definition) is 7. The quantitative estimate of drug-likeness (QED) is 0.460. The van der Waals surface area contributed by atoms with Crippen LogP contribution >= 0.6 is 13.5 Å². The van der Waals surface area contributed by atoms with E-state index in [1.807, 2.05) is 36.4 Å². The molecule has 0 bridgehead atoms. The minimum atomic E-state index is -1.22. The predicted molar refractivity (Wildman–Crippen MR) is 119 cm³/mol. The number of pyridine rings is 1. The number of aryl methyl sites for hydroxylation is 1. The first-order chi connectivity index (χ1) is 14.1. The van der Waals surface area contributed by atoms with Gasteiger partial charge < -0.3 is 10.8 Å². The van der Waals surface area contributed by atoms with Gasteiger partial charge in [0.2, 0.25) is 0 Å². The molecule has 0 aliphatic heterocycles. The lowest BCUT2D eigenvalue weighted by Crippen LogP contribution is -2.20. The van der Waals surface area contributed by atoms with Gasteiger partial charge in [0.15, 0.2) is 17.2 Å². The highest BCUT2D eigenvalue weighted by molar-refractivity contribution is 7.59. The molecule has 5 rings (SSSR count). The number of nitrogens with two attached hydrogens (primary N) is 1. The largest absolute Gasteiger partial charge is 0.382 e. The second-order valence-electron chi connectivity index (χ2n) is 6.89. The Bertz CT molecular complexity index is 1320. The van der Waals surface area contributed by atoms with E-state index in [0.29, 0.717) is 34.8 Å². The molecule has 1 aliphatic rings. The van der Waals surface area contributed by atoms with Crippen molar-refractivity contribution in [2.75, 3.05) is 5.73 Å². The maximum absolute atomic E-state index is 11.0. The molecule has 1 aliphatic carbocycles. The third-order valence-electron chi connectivity index (χ3n) is 4.98. The van der Waals surface area contributed by atoms with Crippen LogP contribution in [0.25, 0.3) is 22.4 Å². The van der Waals surface area contributed by atoms with E-state index in [1.165, 1.54) is 6.33 Å². The Labute approximate surface area is 179 Å². The molecule has 0 unspecified atom stereocenters. The van der Waals surface area contributed by atoms with Crippen molar-refractivity contribution >= 4 is 30.3 Å². The predicted octanol–water partition coefficient (Wildman–Crippen LogP) is 2.36. The average Bonchev–Trinajstić information content (AvgIpc) is 3.10. The zero-order valence-corrected chi connectivity index (χ0v) is 16.9. The van der Waals surface area contributed by atoms with Gasteiger partial charge in [0, 0.05) is 17.3 Å². The van der Waals surface area contributed by atoms with Crippen LogP contribution in [0.3, 0.4) is 0 Å². The van der Waals surface area contributed by atoms with Crippen LogP contribution in [0, 0.1) is 11.8 Å². The molecule has 0 amide bonds.